The zero-order chi connectivity index (χ0) is 17.0. The topological polar surface area (TPSA) is 49.4 Å². The fourth-order valence-electron chi connectivity index (χ4n) is 2.22. The predicted molar refractivity (Wildman–Crippen MR) is 94.5 cm³/mol. The molecule has 0 fully saturated rings. The smallest absolute Gasteiger partial charge is 0.242 e. The summed E-state index contributed by atoms with van der Waals surface area (Å²) in [4.78, 5) is 1.94. The van der Waals surface area contributed by atoms with Gasteiger partial charge in [0, 0.05) is 17.6 Å². The molecule has 0 saturated heterocycles. The highest BCUT2D eigenvalue weighted by Gasteiger charge is 2.22. The molecule has 124 valence electrons. The molecule has 0 aliphatic rings. The number of halogens is 2. The Labute approximate surface area is 147 Å². The largest absolute Gasteiger partial charge is 0.301 e. The first-order chi connectivity index (χ1) is 10.8. The van der Waals surface area contributed by atoms with Gasteiger partial charge < -0.3 is 4.90 Å². The van der Waals surface area contributed by atoms with Gasteiger partial charge in [-0.25, -0.2) is 13.1 Å². The average Bonchev–Trinajstić information content (AvgIpc) is 2.50. The second kappa shape index (κ2) is 7.64. The van der Waals surface area contributed by atoms with Gasteiger partial charge in [-0.2, -0.15) is 0 Å². The second-order valence-corrected chi connectivity index (χ2v) is 7.90. The summed E-state index contributed by atoms with van der Waals surface area (Å²) in [6.45, 7) is 0.224. The summed E-state index contributed by atoms with van der Waals surface area (Å²) in [5.41, 5.74) is 1.03. The van der Waals surface area contributed by atoms with Crippen molar-refractivity contribution < 1.29 is 8.42 Å². The molecule has 2 rings (SSSR count). The molecule has 0 bridgehead atoms. The minimum atomic E-state index is -3.74. The molecule has 0 aliphatic carbocycles. The lowest BCUT2D eigenvalue weighted by Gasteiger charge is -2.25. The molecule has 2 aromatic rings. The van der Waals surface area contributed by atoms with E-state index in [9.17, 15) is 8.42 Å². The Morgan fingerprint density at radius 2 is 1.74 bits per heavy atom. The van der Waals surface area contributed by atoms with E-state index in [0.717, 1.165) is 5.56 Å². The lowest BCUT2D eigenvalue weighted by atomic mass is 10.1. The summed E-state index contributed by atoms with van der Waals surface area (Å²) >= 11 is 11.9. The molecule has 0 aromatic heterocycles. The maximum Gasteiger partial charge on any atom is 0.242 e. The summed E-state index contributed by atoms with van der Waals surface area (Å²) < 4.78 is 27.6. The van der Waals surface area contributed by atoms with Gasteiger partial charge in [-0.15, -0.1) is 0 Å². The molecule has 0 radical (unpaired) electrons. The van der Waals surface area contributed by atoms with Gasteiger partial charge in [-0.05, 0) is 37.9 Å². The van der Waals surface area contributed by atoms with Crippen LogP contribution in [0.1, 0.15) is 11.6 Å². The summed E-state index contributed by atoms with van der Waals surface area (Å²) in [6.07, 6.45) is 0. The number of nitrogens with one attached hydrogen (secondary N) is 1. The van der Waals surface area contributed by atoms with Gasteiger partial charge in [-0.1, -0.05) is 53.5 Å². The van der Waals surface area contributed by atoms with Crippen molar-refractivity contribution in [3.8, 4) is 0 Å². The Morgan fingerprint density at radius 1 is 1.09 bits per heavy atom. The molecule has 1 N–H and O–H groups in total. The first-order valence-corrected chi connectivity index (χ1v) is 9.21. The lowest BCUT2D eigenvalue weighted by molar-refractivity contribution is 0.299. The van der Waals surface area contributed by atoms with E-state index in [1.165, 1.54) is 12.1 Å². The van der Waals surface area contributed by atoms with Gasteiger partial charge in [0.15, 0.2) is 0 Å². The number of hydrogen-bond acceptors (Lipinski definition) is 3. The third-order valence-corrected chi connectivity index (χ3v) is 5.60. The van der Waals surface area contributed by atoms with Gasteiger partial charge >= 0.3 is 0 Å². The van der Waals surface area contributed by atoms with Crippen LogP contribution in [-0.4, -0.2) is 34.0 Å². The Morgan fingerprint density at radius 3 is 2.35 bits per heavy atom. The average molecular weight is 373 g/mol. The first-order valence-electron chi connectivity index (χ1n) is 6.97. The maximum absolute atomic E-state index is 12.5. The number of benzene rings is 2. The third kappa shape index (κ3) is 4.68. The molecule has 0 amide bonds. The molecule has 0 aliphatic heterocycles. The highest BCUT2D eigenvalue weighted by molar-refractivity contribution is 7.89. The zero-order valence-electron chi connectivity index (χ0n) is 12.8. The quantitative estimate of drug-likeness (QED) is 0.842. The van der Waals surface area contributed by atoms with Crippen molar-refractivity contribution in [3.63, 3.8) is 0 Å². The van der Waals surface area contributed by atoms with Crippen molar-refractivity contribution in [2.24, 2.45) is 0 Å². The van der Waals surface area contributed by atoms with E-state index in [2.05, 4.69) is 4.72 Å². The molecular formula is C16H18Cl2N2O2S. The second-order valence-electron chi connectivity index (χ2n) is 5.32. The molecule has 0 unspecified atom stereocenters. The van der Waals surface area contributed by atoms with Crippen LogP contribution in [0.2, 0.25) is 10.0 Å². The van der Waals surface area contributed by atoms with Gasteiger partial charge in [-0.3, -0.25) is 0 Å². The van der Waals surface area contributed by atoms with Crippen LogP contribution in [0.15, 0.2) is 53.4 Å². The van der Waals surface area contributed by atoms with Crippen LogP contribution in [-0.2, 0) is 10.0 Å². The molecule has 0 heterocycles. The number of hydrogen-bond donors (Lipinski definition) is 1. The molecule has 4 nitrogen and oxygen atoms in total. The Balaban J connectivity index is 2.22. The molecule has 2 aromatic carbocycles. The van der Waals surface area contributed by atoms with Crippen LogP contribution in [0, 0.1) is 0 Å². The van der Waals surface area contributed by atoms with Crippen LogP contribution in [0.3, 0.4) is 0 Å². The van der Waals surface area contributed by atoms with Crippen molar-refractivity contribution in [1.82, 2.24) is 9.62 Å². The maximum atomic E-state index is 12.5. The molecular weight excluding hydrogens is 355 g/mol. The molecule has 23 heavy (non-hydrogen) atoms. The van der Waals surface area contributed by atoms with Gasteiger partial charge in [0.2, 0.25) is 10.0 Å². The minimum absolute atomic E-state index is 0.0164. The Hall–Kier alpha value is -1.11. The van der Waals surface area contributed by atoms with Crippen molar-refractivity contribution in [1.29, 1.82) is 0 Å². The zero-order valence-corrected chi connectivity index (χ0v) is 15.2. The summed E-state index contributed by atoms with van der Waals surface area (Å²) in [5.74, 6) is 0. The number of nitrogens with zero attached hydrogens (tertiary/aromatic N) is 1. The summed E-state index contributed by atoms with van der Waals surface area (Å²) in [6, 6.07) is 14.0. The van der Waals surface area contributed by atoms with Crippen molar-refractivity contribution in [2.75, 3.05) is 20.6 Å². The van der Waals surface area contributed by atoms with Crippen molar-refractivity contribution in [3.05, 3.63) is 64.1 Å². The third-order valence-electron chi connectivity index (χ3n) is 3.46. The molecule has 0 saturated carbocycles. The van der Waals surface area contributed by atoms with E-state index in [4.69, 9.17) is 23.2 Å². The summed E-state index contributed by atoms with van der Waals surface area (Å²) in [7, 11) is 0.0592. The van der Waals surface area contributed by atoms with Gasteiger partial charge in [0.05, 0.1) is 5.02 Å². The molecule has 1 atom stereocenters. The normalized spacial score (nSPS) is 13.3. The number of rotatable bonds is 6. The predicted octanol–water partition coefficient (Wildman–Crippen LogP) is 3.57. The Kier molecular flexibility index (Phi) is 6.06. The lowest BCUT2D eigenvalue weighted by Crippen LogP contribution is -2.34. The molecule has 0 spiro atoms. The van der Waals surface area contributed by atoms with E-state index in [1.807, 2.05) is 49.3 Å². The minimum Gasteiger partial charge on any atom is -0.301 e. The van der Waals surface area contributed by atoms with E-state index in [0.29, 0.717) is 5.02 Å². The number of sulfonamides is 1. The van der Waals surface area contributed by atoms with Crippen LogP contribution in [0.5, 0.6) is 0 Å². The monoisotopic (exact) mass is 372 g/mol. The van der Waals surface area contributed by atoms with Gasteiger partial charge in [0.1, 0.15) is 4.90 Å². The van der Waals surface area contributed by atoms with Crippen LogP contribution in [0.25, 0.3) is 0 Å². The fourth-order valence-corrected chi connectivity index (χ4v) is 4.02. The first kappa shape index (κ1) is 18.2. The Bertz CT molecular complexity index is 765. The van der Waals surface area contributed by atoms with E-state index in [1.54, 1.807) is 6.07 Å². The number of likely N-dealkylation sites (N-methyl/N-ethyl adjacent to an activating group) is 1. The van der Waals surface area contributed by atoms with E-state index in [-0.39, 0.29) is 22.5 Å². The summed E-state index contributed by atoms with van der Waals surface area (Å²) in [5, 5.41) is 0.463. The van der Waals surface area contributed by atoms with Crippen molar-refractivity contribution in [2.45, 2.75) is 10.9 Å². The van der Waals surface area contributed by atoms with Gasteiger partial charge in [0.25, 0.3) is 0 Å². The van der Waals surface area contributed by atoms with Crippen LogP contribution < -0.4 is 4.72 Å². The van der Waals surface area contributed by atoms with Crippen LogP contribution >= 0.6 is 23.2 Å². The van der Waals surface area contributed by atoms with E-state index < -0.39 is 10.0 Å². The SMILES string of the molecule is CN(C)[C@@H](CNS(=O)(=O)c1cc(Cl)ccc1Cl)c1ccccc1. The fraction of sp³-hybridized carbons (Fsp3) is 0.250. The highest BCUT2D eigenvalue weighted by atomic mass is 35.5. The molecule has 7 heteroatoms. The van der Waals surface area contributed by atoms with Crippen LogP contribution in [0.4, 0.5) is 0 Å². The highest BCUT2D eigenvalue weighted by Crippen LogP contribution is 2.25. The van der Waals surface area contributed by atoms with E-state index >= 15 is 0 Å². The van der Waals surface area contributed by atoms with Crippen molar-refractivity contribution >= 4 is 33.2 Å². The standard InChI is InChI=1S/C16H18Cl2N2O2S/c1-20(2)15(12-6-4-3-5-7-12)11-19-23(21,22)16-10-13(17)8-9-14(16)18/h3-10,15,19H,11H2,1-2H3/t15-/m0/s1.